The number of methoxy groups -OCH3 is 1. The summed E-state index contributed by atoms with van der Waals surface area (Å²) >= 11 is 0. The lowest BCUT2D eigenvalue weighted by Gasteiger charge is -2.38. The molecule has 8 heteroatoms. The average Bonchev–Trinajstić information content (AvgIpc) is 3.23. The molecule has 0 bridgehead atoms. The van der Waals surface area contributed by atoms with Crippen molar-refractivity contribution in [2.75, 3.05) is 13.7 Å². The van der Waals surface area contributed by atoms with Gasteiger partial charge in [-0.3, -0.25) is 4.79 Å². The zero-order valence-electron chi connectivity index (χ0n) is 18.0. The minimum atomic E-state index is -3.86. The predicted octanol–water partition coefficient (Wildman–Crippen LogP) is 2.87. The maximum atomic E-state index is 13.5. The van der Waals surface area contributed by atoms with E-state index in [9.17, 15) is 13.2 Å². The first-order valence-corrected chi connectivity index (χ1v) is 11.5. The fraction of sp³-hybridized carbons (Fsp3) is 0.667. The molecule has 2 aliphatic heterocycles. The van der Waals surface area contributed by atoms with Crippen molar-refractivity contribution in [2.24, 2.45) is 5.41 Å². The van der Waals surface area contributed by atoms with Gasteiger partial charge in [0, 0.05) is 6.54 Å². The molecule has 3 rings (SSSR count). The SMILES string of the molecule is CCC1(CC)O[C@@H]2[C@@H](CN(S(=O)(=O)c3ccc(C)cc3)[C@H]2C(C)(C)C(=O)OC)O1. The van der Waals surface area contributed by atoms with Gasteiger partial charge in [0.25, 0.3) is 0 Å². The Morgan fingerprint density at radius 2 is 1.79 bits per heavy atom. The summed E-state index contributed by atoms with van der Waals surface area (Å²) in [6.07, 6.45) is 0.299. The highest BCUT2D eigenvalue weighted by molar-refractivity contribution is 7.89. The van der Waals surface area contributed by atoms with Crippen LogP contribution in [-0.2, 0) is 29.0 Å². The van der Waals surface area contributed by atoms with Crippen molar-refractivity contribution in [1.29, 1.82) is 0 Å². The Labute approximate surface area is 173 Å². The average molecular weight is 426 g/mol. The van der Waals surface area contributed by atoms with Gasteiger partial charge in [-0.05, 0) is 45.7 Å². The number of rotatable bonds is 6. The van der Waals surface area contributed by atoms with E-state index >= 15 is 0 Å². The molecule has 2 heterocycles. The third kappa shape index (κ3) is 3.60. The number of hydrogen-bond donors (Lipinski definition) is 0. The van der Waals surface area contributed by atoms with E-state index in [1.165, 1.54) is 11.4 Å². The Balaban J connectivity index is 2.05. The molecule has 162 valence electrons. The van der Waals surface area contributed by atoms with Crippen molar-refractivity contribution in [3.8, 4) is 0 Å². The summed E-state index contributed by atoms with van der Waals surface area (Å²) in [4.78, 5) is 12.8. The topological polar surface area (TPSA) is 82.1 Å². The highest BCUT2D eigenvalue weighted by Crippen LogP contribution is 2.47. The molecule has 2 fully saturated rings. The number of fused-ring (bicyclic) bond motifs is 1. The Morgan fingerprint density at radius 3 is 2.31 bits per heavy atom. The maximum absolute atomic E-state index is 13.5. The predicted molar refractivity (Wildman–Crippen MR) is 108 cm³/mol. The van der Waals surface area contributed by atoms with E-state index in [1.54, 1.807) is 38.1 Å². The van der Waals surface area contributed by atoms with Gasteiger partial charge >= 0.3 is 5.97 Å². The van der Waals surface area contributed by atoms with Crippen molar-refractivity contribution in [2.45, 2.75) is 76.4 Å². The second kappa shape index (κ2) is 7.65. The Hall–Kier alpha value is -1.48. The van der Waals surface area contributed by atoms with E-state index in [-0.39, 0.29) is 11.4 Å². The number of aryl methyl sites for hydroxylation is 1. The monoisotopic (exact) mass is 425 g/mol. The molecule has 2 aliphatic rings. The number of nitrogens with zero attached hydrogens (tertiary/aromatic N) is 1. The molecule has 0 N–H and O–H groups in total. The molecule has 0 spiro atoms. The van der Waals surface area contributed by atoms with Crippen LogP contribution in [0.15, 0.2) is 29.2 Å². The molecule has 1 aromatic carbocycles. The van der Waals surface area contributed by atoms with Gasteiger partial charge in [0.2, 0.25) is 10.0 Å². The number of carbonyl (C=O) groups is 1. The zero-order chi connectivity index (χ0) is 21.6. The molecule has 0 aliphatic carbocycles. The highest BCUT2D eigenvalue weighted by Gasteiger charge is 2.63. The molecular formula is C21H31NO6S. The molecule has 1 aromatic rings. The van der Waals surface area contributed by atoms with E-state index in [0.717, 1.165) is 5.56 Å². The van der Waals surface area contributed by atoms with Crippen LogP contribution in [0.1, 0.15) is 46.1 Å². The van der Waals surface area contributed by atoms with Gasteiger partial charge < -0.3 is 14.2 Å². The summed E-state index contributed by atoms with van der Waals surface area (Å²) in [5.74, 6) is -1.24. The van der Waals surface area contributed by atoms with Gasteiger partial charge in [0.15, 0.2) is 5.79 Å². The van der Waals surface area contributed by atoms with Gasteiger partial charge in [0.1, 0.15) is 12.2 Å². The molecule has 0 amide bonds. The van der Waals surface area contributed by atoms with E-state index in [0.29, 0.717) is 12.8 Å². The summed E-state index contributed by atoms with van der Waals surface area (Å²) in [6, 6.07) is 5.95. The number of benzene rings is 1. The van der Waals surface area contributed by atoms with Crippen LogP contribution in [0.2, 0.25) is 0 Å². The fourth-order valence-corrected chi connectivity index (χ4v) is 6.17. The molecule has 29 heavy (non-hydrogen) atoms. The lowest BCUT2D eigenvalue weighted by Crippen LogP contribution is -2.53. The molecule has 0 radical (unpaired) electrons. The normalized spacial score (nSPS) is 27.0. The Morgan fingerprint density at radius 1 is 1.21 bits per heavy atom. The van der Waals surface area contributed by atoms with E-state index < -0.39 is 45.4 Å². The highest BCUT2D eigenvalue weighted by atomic mass is 32.2. The Bertz CT molecular complexity index is 860. The van der Waals surface area contributed by atoms with Crippen LogP contribution >= 0.6 is 0 Å². The second-order valence-corrected chi connectivity index (χ2v) is 10.3. The smallest absolute Gasteiger partial charge is 0.312 e. The zero-order valence-corrected chi connectivity index (χ0v) is 18.8. The van der Waals surface area contributed by atoms with E-state index in [2.05, 4.69) is 0 Å². The van der Waals surface area contributed by atoms with Crippen LogP contribution < -0.4 is 0 Å². The quantitative estimate of drug-likeness (QED) is 0.652. The molecule has 7 nitrogen and oxygen atoms in total. The van der Waals surface area contributed by atoms with E-state index in [4.69, 9.17) is 14.2 Å². The summed E-state index contributed by atoms with van der Waals surface area (Å²) in [7, 11) is -2.55. The standard InChI is InChI=1S/C21H31NO6S/c1-7-21(8-2)27-16-13-22(29(24,25)15-11-9-14(3)10-12-15)18(17(16)28-21)20(4,5)19(23)26-6/h9-12,16-18H,7-8,13H2,1-6H3/t16-,17-,18-/m1/s1. The fourth-order valence-electron chi connectivity index (χ4n) is 4.39. The summed E-state index contributed by atoms with van der Waals surface area (Å²) in [5, 5.41) is 0. The number of ether oxygens (including phenoxy) is 3. The lowest BCUT2D eigenvalue weighted by atomic mass is 9.82. The van der Waals surface area contributed by atoms with Crippen molar-refractivity contribution in [3.05, 3.63) is 29.8 Å². The lowest BCUT2D eigenvalue weighted by molar-refractivity contribution is -0.194. The third-order valence-electron chi connectivity index (χ3n) is 6.22. The molecular weight excluding hydrogens is 394 g/mol. The molecule has 0 unspecified atom stereocenters. The minimum Gasteiger partial charge on any atom is -0.469 e. The summed E-state index contributed by atoms with van der Waals surface area (Å²) in [6.45, 7) is 9.39. The number of esters is 1. The van der Waals surface area contributed by atoms with Gasteiger partial charge in [-0.2, -0.15) is 4.31 Å². The molecule has 0 saturated carbocycles. The second-order valence-electron chi connectivity index (χ2n) is 8.40. The summed E-state index contributed by atoms with van der Waals surface area (Å²) < 4.78 is 45.9. The summed E-state index contributed by atoms with van der Waals surface area (Å²) in [5.41, 5.74) is -0.150. The van der Waals surface area contributed by atoms with Gasteiger partial charge in [0.05, 0.1) is 23.5 Å². The number of sulfonamides is 1. The van der Waals surface area contributed by atoms with Gasteiger partial charge in [-0.1, -0.05) is 31.5 Å². The first kappa shape index (κ1) is 22.2. The number of carbonyl (C=O) groups excluding carboxylic acids is 1. The van der Waals surface area contributed by atoms with Crippen LogP contribution in [0.3, 0.4) is 0 Å². The first-order valence-electron chi connectivity index (χ1n) is 10.0. The van der Waals surface area contributed by atoms with Crippen LogP contribution in [-0.4, -0.2) is 56.4 Å². The van der Waals surface area contributed by atoms with Crippen LogP contribution in [0.4, 0.5) is 0 Å². The number of hydrogen-bond acceptors (Lipinski definition) is 6. The van der Waals surface area contributed by atoms with Gasteiger partial charge in [-0.15, -0.1) is 0 Å². The molecule has 3 atom stereocenters. The third-order valence-corrected chi connectivity index (χ3v) is 8.08. The Kier molecular flexibility index (Phi) is 5.86. The van der Waals surface area contributed by atoms with Crippen molar-refractivity contribution in [3.63, 3.8) is 0 Å². The van der Waals surface area contributed by atoms with Gasteiger partial charge in [-0.25, -0.2) is 8.42 Å². The van der Waals surface area contributed by atoms with Crippen molar-refractivity contribution >= 4 is 16.0 Å². The minimum absolute atomic E-state index is 0.133. The first-order chi connectivity index (χ1) is 13.5. The maximum Gasteiger partial charge on any atom is 0.312 e. The largest absolute Gasteiger partial charge is 0.469 e. The molecule has 0 aromatic heterocycles. The molecule has 2 saturated heterocycles. The van der Waals surface area contributed by atoms with Crippen LogP contribution in [0, 0.1) is 12.3 Å². The van der Waals surface area contributed by atoms with Crippen molar-refractivity contribution in [1.82, 2.24) is 4.31 Å². The van der Waals surface area contributed by atoms with Crippen molar-refractivity contribution < 1.29 is 27.4 Å². The van der Waals surface area contributed by atoms with Crippen LogP contribution in [0.5, 0.6) is 0 Å². The van der Waals surface area contributed by atoms with E-state index in [1.807, 2.05) is 20.8 Å². The van der Waals surface area contributed by atoms with Crippen LogP contribution in [0.25, 0.3) is 0 Å².